The molecule has 144 valence electrons. The van der Waals surface area contributed by atoms with Crippen LogP contribution in [0.25, 0.3) is 0 Å². The Morgan fingerprint density at radius 3 is 2.68 bits per heavy atom. The third kappa shape index (κ3) is 2.90. The number of benzene rings is 2. The van der Waals surface area contributed by atoms with Crippen LogP contribution in [0.5, 0.6) is 0 Å². The van der Waals surface area contributed by atoms with Gasteiger partial charge in [0.05, 0.1) is 11.8 Å². The molecule has 2 aliphatic heterocycles. The molecule has 0 aromatic heterocycles. The molecule has 0 bridgehead atoms. The van der Waals surface area contributed by atoms with Crippen molar-refractivity contribution in [1.82, 2.24) is 10.3 Å². The van der Waals surface area contributed by atoms with E-state index in [1.807, 2.05) is 32.9 Å². The number of nitrogens with zero attached hydrogens (tertiary/aromatic N) is 3. The second-order valence-corrected chi connectivity index (χ2v) is 8.80. The van der Waals surface area contributed by atoms with E-state index < -0.39 is 15.6 Å². The quantitative estimate of drug-likeness (QED) is 0.637. The number of nitrogens with one attached hydrogen (secondary N) is 1. The highest BCUT2D eigenvalue weighted by Gasteiger charge is 2.35. The number of carbonyl (C=O) groups is 1. The van der Waals surface area contributed by atoms with E-state index in [-0.39, 0.29) is 10.8 Å². The Hall–Kier alpha value is -3.00. The summed E-state index contributed by atoms with van der Waals surface area (Å²) in [7, 11) is -3.70. The van der Waals surface area contributed by atoms with Crippen molar-refractivity contribution in [3.63, 3.8) is 0 Å². The zero-order chi connectivity index (χ0) is 20.1. The fourth-order valence-electron chi connectivity index (χ4n) is 3.47. The number of hydrazone groups is 1. The highest BCUT2D eigenvalue weighted by molar-refractivity contribution is 7.90. The van der Waals surface area contributed by atoms with Gasteiger partial charge < -0.3 is 5.32 Å². The van der Waals surface area contributed by atoms with E-state index in [1.165, 1.54) is 0 Å². The molecule has 2 aromatic carbocycles. The van der Waals surface area contributed by atoms with Gasteiger partial charge in [-0.05, 0) is 56.2 Å². The monoisotopic (exact) mass is 396 g/mol. The Morgan fingerprint density at radius 1 is 1.18 bits per heavy atom. The molecule has 2 aliphatic rings. The zero-order valence-corrected chi connectivity index (χ0v) is 16.6. The summed E-state index contributed by atoms with van der Waals surface area (Å²) in [6.45, 7) is 6.23. The summed E-state index contributed by atoms with van der Waals surface area (Å²) in [5, 5.41) is 8.97. The first-order valence-corrected chi connectivity index (χ1v) is 10.4. The second-order valence-electron chi connectivity index (χ2n) is 7.23. The topological polar surface area (TPSA) is 91.2 Å². The van der Waals surface area contributed by atoms with Gasteiger partial charge in [-0.15, -0.1) is 4.40 Å². The highest BCUT2D eigenvalue weighted by atomic mass is 32.2. The predicted octanol–water partition coefficient (Wildman–Crippen LogP) is 2.47. The van der Waals surface area contributed by atoms with Gasteiger partial charge in [-0.2, -0.15) is 13.5 Å². The zero-order valence-electron chi connectivity index (χ0n) is 15.8. The maximum absolute atomic E-state index is 12.3. The minimum Gasteiger partial charge on any atom is -0.343 e. The van der Waals surface area contributed by atoms with E-state index in [1.54, 1.807) is 41.6 Å². The van der Waals surface area contributed by atoms with Crippen molar-refractivity contribution in [3.8, 4) is 0 Å². The van der Waals surface area contributed by atoms with Gasteiger partial charge in [-0.3, -0.25) is 4.79 Å². The molecule has 2 aromatic rings. The Bertz CT molecular complexity index is 1150. The lowest BCUT2D eigenvalue weighted by atomic mass is 9.93. The molecule has 1 N–H and O–H groups in total. The van der Waals surface area contributed by atoms with Crippen LogP contribution in [0.2, 0.25) is 0 Å². The molecule has 8 heteroatoms. The van der Waals surface area contributed by atoms with Crippen molar-refractivity contribution >= 4 is 28.0 Å². The van der Waals surface area contributed by atoms with E-state index >= 15 is 0 Å². The Labute approximate surface area is 163 Å². The van der Waals surface area contributed by atoms with Crippen LogP contribution in [0.3, 0.4) is 0 Å². The summed E-state index contributed by atoms with van der Waals surface area (Å²) in [4.78, 5) is 12.2. The fourth-order valence-corrected chi connectivity index (χ4v) is 4.68. The lowest BCUT2D eigenvalue weighted by Gasteiger charge is -2.19. The Morgan fingerprint density at radius 2 is 1.93 bits per heavy atom. The molecule has 0 radical (unpaired) electrons. The van der Waals surface area contributed by atoms with E-state index in [9.17, 15) is 13.2 Å². The fraction of sp³-hybridized carbons (Fsp3) is 0.250. The number of fused-ring (bicyclic) bond motifs is 2. The van der Waals surface area contributed by atoms with Crippen molar-refractivity contribution in [2.45, 2.75) is 31.2 Å². The molecule has 0 fully saturated rings. The van der Waals surface area contributed by atoms with Crippen LogP contribution in [0.4, 0.5) is 0 Å². The summed E-state index contributed by atoms with van der Waals surface area (Å²) in [5.74, 6) is 0.230. The van der Waals surface area contributed by atoms with Gasteiger partial charge in [-0.1, -0.05) is 18.2 Å². The van der Waals surface area contributed by atoms with Crippen LogP contribution >= 0.6 is 0 Å². The Kier molecular flexibility index (Phi) is 4.11. The van der Waals surface area contributed by atoms with E-state index in [2.05, 4.69) is 14.8 Å². The minimum atomic E-state index is -3.70. The van der Waals surface area contributed by atoms with Gasteiger partial charge in [0.25, 0.3) is 15.9 Å². The first kappa shape index (κ1) is 18.4. The lowest BCUT2D eigenvalue weighted by Crippen LogP contribution is -2.32. The lowest BCUT2D eigenvalue weighted by molar-refractivity contribution is 0.0940. The number of hydrogen-bond acceptors (Lipinski definition) is 5. The largest absolute Gasteiger partial charge is 0.343 e. The maximum atomic E-state index is 12.3. The number of sulfonamides is 1. The molecule has 0 spiro atoms. The molecule has 0 atom stereocenters. The van der Waals surface area contributed by atoms with Crippen molar-refractivity contribution in [3.05, 3.63) is 64.7 Å². The van der Waals surface area contributed by atoms with Crippen LogP contribution in [-0.2, 0) is 15.6 Å². The van der Waals surface area contributed by atoms with Crippen molar-refractivity contribution in [1.29, 1.82) is 0 Å². The van der Waals surface area contributed by atoms with E-state index in [0.717, 1.165) is 11.1 Å². The second kappa shape index (κ2) is 6.27. The number of amidine groups is 1. The van der Waals surface area contributed by atoms with Crippen LogP contribution in [0.1, 0.15) is 47.8 Å². The molecule has 2 heterocycles. The molecule has 28 heavy (non-hydrogen) atoms. The summed E-state index contributed by atoms with van der Waals surface area (Å²) >= 11 is 0. The molecule has 0 aliphatic carbocycles. The summed E-state index contributed by atoms with van der Waals surface area (Å²) in [6, 6.07) is 12.3. The third-order valence-electron chi connectivity index (χ3n) is 4.89. The van der Waals surface area contributed by atoms with E-state index in [4.69, 9.17) is 0 Å². The Balaban J connectivity index is 1.68. The first-order valence-electron chi connectivity index (χ1n) is 8.96. The van der Waals surface area contributed by atoms with Crippen molar-refractivity contribution in [2.75, 3.05) is 6.54 Å². The molecule has 4 rings (SSSR count). The van der Waals surface area contributed by atoms with Crippen LogP contribution in [-0.4, -0.2) is 37.9 Å². The van der Waals surface area contributed by atoms with Gasteiger partial charge in [0.1, 0.15) is 4.90 Å². The van der Waals surface area contributed by atoms with Gasteiger partial charge in [0, 0.05) is 17.7 Å². The predicted molar refractivity (Wildman–Crippen MR) is 107 cm³/mol. The standard InChI is InChI=1S/C20H20N4O3S/c1-4-24(18-15-7-5-6-8-17(15)28(26,27)23-18)21-12-13-9-10-14-16(11-13)20(2,3)22-19(14)25/h5-12H,4H2,1-3H3,(H,22,25)/b21-12+. The summed E-state index contributed by atoms with van der Waals surface area (Å²) in [5.41, 5.74) is 2.50. The van der Waals surface area contributed by atoms with Gasteiger partial charge in [0.15, 0.2) is 5.84 Å². The average Bonchev–Trinajstić information content (AvgIpc) is 3.06. The molecular weight excluding hydrogens is 376 g/mol. The first-order chi connectivity index (χ1) is 13.2. The number of hydrogen-bond donors (Lipinski definition) is 1. The molecule has 7 nitrogen and oxygen atoms in total. The molecule has 1 amide bonds. The third-order valence-corrected chi connectivity index (χ3v) is 6.22. The average molecular weight is 396 g/mol. The smallest absolute Gasteiger partial charge is 0.285 e. The van der Waals surface area contributed by atoms with Crippen LogP contribution in [0, 0.1) is 0 Å². The normalized spacial score (nSPS) is 18.5. The highest BCUT2D eigenvalue weighted by Crippen LogP contribution is 2.31. The van der Waals surface area contributed by atoms with Crippen molar-refractivity contribution in [2.24, 2.45) is 9.50 Å². The molecule has 0 saturated heterocycles. The number of amides is 1. The van der Waals surface area contributed by atoms with Crippen molar-refractivity contribution < 1.29 is 13.2 Å². The number of carbonyl (C=O) groups excluding carboxylic acids is 1. The van der Waals surface area contributed by atoms with Gasteiger partial charge in [-0.25, -0.2) is 5.01 Å². The molecular formula is C20H20N4O3S. The van der Waals surface area contributed by atoms with Gasteiger partial charge in [0.2, 0.25) is 0 Å². The van der Waals surface area contributed by atoms with Crippen LogP contribution < -0.4 is 5.32 Å². The maximum Gasteiger partial charge on any atom is 0.285 e. The molecule has 0 unspecified atom stereocenters. The van der Waals surface area contributed by atoms with Gasteiger partial charge >= 0.3 is 0 Å². The molecule has 0 saturated carbocycles. The summed E-state index contributed by atoms with van der Waals surface area (Å²) < 4.78 is 28.5. The number of rotatable bonds is 3. The van der Waals surface area contributed by atoms with E-state index in [0.29, 0.717) is 23.5 Å². The minimum absolute atomic E-state index is 0.0826. The summed E-state index contributed by atoms with van der Waals surface area (Å²) in [6.07, 6.45) is 1.65. The van der Waals surface area contributed by atoms with Crippen LogP contribution in [0.15, 0.2) is 56.9 Å². The SMILES string of the molecule is CCN(/N=C/c1ccc2c(c1)C(C)(C)NC2=O)C1=NS(=O)(=O)c2ccccc21.